The zero-order valence-corrected chi connectivity index (χ0v) is 34.4. The summed E-state index contributed by atoms with van der Waals surface area (Å²) in [5.41, 5.74) is 0. The van der Waals surface area contributed by atoms with Crippen LogP contribution in [0.4, 0.5) is 0 Å². The van der Waals surface area contributed by atoms with Gasteiger partial charge in [-0.15, -0.1) is 0 Å². The number of halogens is 2. The Morgan fingerprint density at radius 3 is 0.857 bits per heavy atom. The van der Waals surface area contributed by atoms with Crippen molar-refractivity contribution in [1.29, 1.82) is 0 Å². The Morgan fingerprint density at radius 1 is 0.449 bits per heavy atom. The molecule has 12 heteroatoms. The fourth-order valence-corrected chi connectivity index (χ4v) is 8.84. The molecule has 0 fully saturated rings. The molecule has 0 radical (unpaired) electrons. The highest BCUT2D eigenvalue weighted by molar-refractivity contribution is 7.79. The van der Waals surface area contributed by atoms with Gasteiger partial charge in [-0.2, -0.15) is 0 Å². The molecule has 0 atom stereocenters. The number of alkyl halides is 2. The lowest BCUT2D eigenvalue weighted by atomic mass is 10.0. The molecule has 0 aromatic heterocycles. The van der Waals surface area contributed by atoms with E-state index in [-0.39, 0.29) is 12.8 Å². The second kappa shape index (κ2) is 31.4. The fraction of sp³-hybridized carbons (Fsp3) is 0.946. The molecular weight excluding hydrogens is 705 g/mol. The summed E-state index contributed by atoms with van der Waals surface area (Å²) in [5.74, 6) is -2.06. The molecule has 0 saturated carbocycles. The minimum absolute atomic E-state index is 0.163. The van der Waals surface area contributed by atoms with Gasteiger partial charge < -0.3 is 18.8 Å². The highest BCUT2D eigenvalue weighted by Crippen LogP contribution is 2.78. The largest absolute Gasteiger partial charge is 0.483 e. The van der Waals surface area contributed by atoms with Crippen molar-refractivity contribution in [2.45, 2.75) is 223 Å². The van der Waals surface area contributed by atoms with E-state index in [1.165, 1.54) is 128 Å². The van der Waals surface area contributed by atoms with E-state index in [4.69, 9.17) is 32.2 Å². The third-order valence-electron chi connectivity index (χ3n) is 9.09. The van der Waals surface area contributed by atoms with Crippen LogP contribution >= 0.6 is 38.4 Å². The van der Waals surface area contributed by atoms with E-state index in [2.05, 4.69) is 13.8 Å². The first-order chi connectivity index (χ1) is 23.4. The third kappa shape index (κ3) is 26.3. The molecule has 292 valence electrons. The van der Waals surface area contributed by atoms with E-state index < -0.39 is 30.9 Å². The zero-order valence-electron chi connectivity index (χ0n) is 31.1. The second-order valence-corrected chi connectivity index (χ2v) is 20.4. The van der Waals surface area contributed by atoms with Crippen LogP contribution in [-0.4, -0.2) is 25.5 Å². The van der Waals surface area contributed by atoms with Crippen LogP contribution in [0.3, 0.4) is 0 Å². The molecular formula is C37H72Cl2O8P2. The van der Waals surface area contributed by atoms with Crippen LogP contribution in [-0.2, 0) is 27.8 Å². The van der Waals surface area contributed by atoms with E-state index in [0.717, 1.165) is 51.4 Å². The van der Waals surface area contributed by atoms with Gasteiger partial charge in [0.05, 0.1) is 0 Å². The summed E-state index contributed by atoms with van der Waals surface area (Å²) < 4.78 is 31.7. The topological polar surface area (TPSA) is 127 Å². The molecule has 0 bridgehead atoms. The maximum atomic E-state index is 13.4. The summed E-state index contributed by atoms with van der Waals surface area (Å²) in [6.07, 6.45) is 34.3. The number of hydrogen-bond acceptors (Lipinski definition) is 6. The Hall–Kier alpha value is -0.100. The monoisotopic (exact) mass is 776 g/mol. The fourth-order valence-electron chi connectivity index (χ4n) is 5.93. The lowest BCUT2D eigenvalue weighted by molar-refractivity contribution is -0.138. The first-order valence-electron chi connectivity index (χ1n) is 19.9. The molecule has 0 aromatic carbocycles. The van der Waals surface area contributed by atoms with Gasteiger partial charge in [0.25, 0.3) is 0 Å². The normalized spacial score (nSPS) is 12.4. The number of carbonyl (C=O) groups excluding carboxylic acids is 2. The standard InChI is InChI=1S/C37H72Cl2O8P2/c1-3-5-7-9-11-13-15-17-19-21-23-25-27-29-31-33-35(40)46-49(45,37(38,39)48(42,43)44)47-36(41)34-32-30-28-26-24-22-20-18-16-14-12-10-8-6-4-2/h3-34H2,1-2H3,(H2,42,43,44). The first-order valence-corrected chi connectivity index (χ1v) is 23.8. The maximum absolute atomic E-state index is 13.4. The van der Waals surface area contributed by atoms with Crippen molar-refractivity contribution >= 4 is 50.3 Å². The highest BCUT2D eigenvalue weighted by Gasteiger charge is 2.65. The average molecular weight is 778 g/mol. The van der Waals surface area contributed by atoms with E-state index in [9.17, 15) is 28.5 Å². The van der Waals surface area contributed by atoms with Crippen molar-refractivity contribution in [2.75, 3.05) is 0 Å². The average Bonchev–Trinajstić information content (AvgIpc) is 3.04. The van der Waals surface area contributed by atoms with Gasteiger partial charge in [-0.1, -0.05) is 217 Å². The first kappa shape index (κ1) is 48.9. The second-order valence-electron chi connectivity index (χ2n) is 13.9. The van der Waals surface area contributed by atoms with Gasteiger partial charge in [0.2, 0.25) is 0 Å². The van der Waals surface area contributed by atoms with Gasteiger partial charge in [0.1, 0.15) is 0 Å². The van der Waals surface area contributed by atoms with E-state index in [1.807, 2.05) is 0 Å². The molecule has 0 aromatic rings. The quantitative estimate of drug-likeness (QED) is 0.0366. The number of unbranched alkanes of at least 4 members (excludes halogenated alkanes) is 28. The molecule has 0 rings (SSSR count). The van der Waals surface area contributed by atoms with Gasteiger partial charge in [0, 0.05) is 12.8 Å². The zero-order chi connectivity index (χ0) is 36.7. The SMILES string of the molecule is CCCCCCCCCCCCCCCCCC(=O)OP(=O)(OC(=O)CCCCCCCCCCCCCCCCC)C(Cl)(Cl)P(=O)(O)O. The minimum atomic E-state index is -5.52. The smallest absolute Gasteiger partial charge is 0.380 e. The highest BCUT2D eigenvalue weighted by atomic mass is 35.5. The Morgan fingerprint density at radius 2 is 0.653 bits per heavy atom. The third-order valence-corrected chi connectivity index (χ3v) is 15.4. The van der Waals surface area contributed by atoms with Crippen LogP contribution in [0.25, 0.3) is 0 Å². The molecule has 8 nitrogen and oxygen atoms in total. The van der Waals surface area contributed by atoms with Gasteiger partial charge in [-0.25, -0.2) is 4.57 Å². The van der Waals surface area contributed by atoms with Gasteiger partial charge in [0.15, 0.2) is 0 Å². The van der Waals surface area contributed by atoms with Crippen LogP contribution in [0, 0.1) is 0 Å². The molecule has 0 saturated heterocycles. The molecule has 2 N–H and O–H groups in total. The van der Waals surface area contributed by atoms with Crippen molar-refractivity contribution in [3.63, 3.8) is 0 Å². The van der Waals surface area contributed by atoms with Crippen molar-refractivity contribution in [2.24, 2.45) is 0 Å². The number of carbonyl (C=O) groups is 2. The minimum Gasteiger partial charge on any atom is -0.380 e. The van der Waals surface area contributed by atoms with Crippen molar-refractivity contribution in [3.8, 4) is 0 Å². The van der Waals surface area contributed by atoms with Gasteiger partial charge in [-0.05, 0) is 12.8 Å². The van der Waals surface area contributed by atoms with Crippen molar-refractivity contribution in [3.05, 3.63) is 0 Å². The Bertz CT molecular complexity index is 861. The summed E-state index contributed by atoms with van der Waals surface area (Å²) in [5, 5.41) is 0. The maximum Gasteiger partial charge on any atom is 0.483 e. The Kier molecular flexibility index (Phi) is 31.4. The van der Waals surface area contributed by atoms with Gasteiger partial charge in [-0.3, -0.25) is 14.2 Å². The van der Waals surface area contributed by atoms with E-state index >= 15 is 0 Å². The molecule has 0 spiro atoms. The van der Waals surface area contributed by atoms with Crippen molar-refractivity contribution in [1.82, 2.24) is 0 Å². The summed E-state index contributed by atoms with van der Waals surface area (Å²) in [6.45, 7) is 4.47. The van der Waals surface area contributed by atoms with Crippen LogP contribution in [0.2, 0.25) is 0 Å². The van der Waals surface area contributed by atoms with Crippen LogP contribution in [0.1, 0.15) is 219 Å². The van der Waals surface area contributed by atoms with Crippen molar-refractivity contribution < 1.29 is 37.6 Å². The molecule has 49 heavy (non-hydrogen) atoms. The summed E-state index contributed by atoms with van der Waals surface area (Å²) in [4.78, 5) is 44.3. The predicted molar refractivity (Wildman–Crippen MR) is 205 cm³/mol. The van der Waals surface area contributed by atoms with Crippen LogP contribution < -0.4 is 0 Å². The molecule has 0 aliphatic rings. The molecule has 0 aliphatic heterocycles. The number of rotatable bonds is 36. The molecule has 0 amide bonds. The molecule has 0 aliphatic carbocycles. The lowest BCUT2D eigenvalue weighted by Crippen LogP contribution is -2.22. The summed E-state index contributed by atoms with van der Waals surface area (Å²) >= 11 is 11.6. The summed E-state index contributed by atoms with van der Waals surface area (Å²) in [6, 6.07) is 0. The lowest BCUT2D eigenvalue weighted by Gasteiger charge is -2.28. The van der Waals surface area contributed by atoms with E-state index in [0.29, 0.717) is 12.8 Å². The Labute approximate surface area is 310 Å². The summed E-state index contributed by atoms with van der Waals surface area (Å²) in [7, 11) is -10.8. The van der Waals surface area contributed by atoms with Crippen LogP contribution in [0.15, 0.2) is 0 Å². The molecule has 0 heterocycles. The van der Waals surface area contributed by atoms with E-state index in [1.54, 1.807) is 0 Å². The van der Waals surface area contributed by atoms with Gasteiger partial charge >= 0.3 is 30.9 Å². The Balaban J connectivity index is 4.24. The number of hydrogen-bond donors (Lipinski definition) is 2. The van der Waals surface area contributed by atoms with Crippen LogP contribution in [0.5, 0.6) is 0 Å². The molecule has 0 unspecified atom stereocenters. The predicted octanol–water partition coefficient (Wildman–Crippen LogP) is 14.1.